The predicted molar refractivity (Wildman–Crippen MR) is 70.1 cm³/mol. The second-order valence-corrected chi connectivity index (χ2v) is 6.47. The van der Waals surface area contributed by atoms with Gasteiger partial charge in [0, 0.05) is 9.35 Å². The van der Waals surface area contributed by atoms with Gasteiger partial charge in [0.2, 0.25) is 0 Å². The number of hydrogen-bond donors (Lipinski definition) is 1. The third-order valence-electron chi connectivity index (χ3n) is 2.12. The lowest BCUT2D eigenvalue weighted by Gasteiger charge is -2.07. The molecule has 2 aromatic rings. The molecule has 1 N–H and O–H groups in total. The predicted octanol–water partition coefficient (Wildman–Crippen LogP) is 4.62. The van der Waals surface area contributed by atoms with E-state index in [2.05, 4.69) is 15.9 Å². The Morgan fingerprint density at radius 2 is 2.20 bits per heavy atom. The number of thiophene rings is 2. The summed E-state index contributed by atoms with van der Waals surface area (Å²) in [5.41, 5.74) is 2.08. The van der Waals surface area contributed by atoms with E-state index in [4.69, 9.17) is 11.6 Å². The van der Waals surface area contributed by atoms with Crippen molar-refractivity contribution < 1.29 is 5.11 Å². The summed E-state index contributed by atoms with van der Waals surface area (Å²) in [5, 5.41) is 14.1. The zero-order valence-corrected chi connectivity index (χ0v) is 11.8. The molecule has 0 bridgehead atoms. The van der Waals surface area contributed by atoms with Gasteiger partial charge in [0.1, 0.15) is 10.4 Å². The van der Waals surface area contributed by atoms with E-state index in [0.717, 1.165) is 20.5 Å². The van der Waals surface area contributed by atoms with Gasteiger partial charge in [-0.2, -0.15) is 11.3 Å². The first-order chi connectivity index (χ1) is 7.09. The Labute approximate surface area is 109 Å². The van der Waals surface area contributed by atoms with Crippen molar-refractivity contribution in [3.8, 4) is 0 Å². The average molecular weight is 324 g/mol. The standard InChI is InChI=1S/C10H8BrClOS2/c1-5-3-14-4-6(5)9(13)8-2-7(11)10(12)15-8/h2-4,9,13H,1H3. The molecule has 0 amide bonds. The molecule has 1 atom stereocenters. The highest BCUT2D eigenvalue weighted by molar-refractivity contribution is 9.10. The molecule has 0 aromatic carbocycles. The summed E-state index contributed by atoms with van der Waals surface area (Å²) < 4.78 is 1.52. The molecule has 2 rings (SSSR count). The van der Waals surface area contributed by atoms with Crippen molar-refractivity contribution >= 4 is 50.2 Å². The van der Waals surface area contributed by atoms with Crippen LogP contribution in [0.2, 0.25) is 4.34 Å². The fourth-order valence-electron chi connectivity index (χ4n) is 1.30. The van der Waals surface area contributed by atoms with E-state index in [1.165, 1.54) is 11.3 Å². The van der Waals surface area contributed by atoms with E-state index in [1.54, 1.807) is 11.3 Å². The summed E-state index contributed by atoms with van der Waals surface area (Å²) >= 11 is 12.3. The van der Waals surface area contributed by atoms with E-state index in [9.17, 15) is 5.11 Å². The van der Waals surface area contributed by atoms with E-state index in [1.807, 2.05) is 23.8 Å². The molecule has 5 heteroatoms. The van der Waals surface area contributed by atoms with Crippen molar-refractivity contribution in [2.75, 3.05) is 0 Å². The fraction of sp³-hybridized carbons (Fsp3) is 0.200. The van der Waals surface area contributed by atoms with Crippen molar-refractivity contribution in [1.29, 1.82) is 0 Å². The number of hydrogen-bond acceptors (Lipinski definition) is 3. The lowest BCUT2D eigenvalue weighted by molar-refractivity contribution is 0.224. The minimum Gasteiger partial charge on any atom is -0.383 e. The van der Waals surface area contributed by atoms with Crippen molar-refractivity contribution in [1.82, 2.24) is 0 Å². The lowest BCUT2D eigenvalue weighted by Crippen LogP contribution is -1.96. The molecule has 2 aromatic heterocycles. The van der Waals surface area contributed by atoms with E-state index in [0.29, 0.717) is 4.34 Å². The first-order valence-corrected chi connectivity index (χ1v) is 7.18. The highest BCUT2D eigenvalue weighted by Gasteiger charge is 2.17. The largest absolute Gasteiger partial charge is 0.383 e. The monoisotopic (exact) mass is 322 g/mol. The molecule has 0 saturated carbocycles. The number of halogens is 2. The smallest absolute Gasteiger partial charge is 0.114 e. The Balaban J connectivity index is 2.36. The lowest BCUT2D eigenvalue weighted by atomic mass is 10.1. The minimum atomic E-state index is -0.565. The van der Waals surface area contributed by atoms with Gasteiger partial charge < -0.3 is 5.11 Å². The van der Waals surface area contributed by atoms with Crippen LogP contribution in [0.15, 0.2) is 21.3 Å². The quantitative estimate of drug-likeness (QED) is 0.855. The summed E-state index contributed by atoms with van der Waals surface area (Å²) in [7, 11) is 0. The number of aryl methyl sites for hydroxylation is 1. The minimum absolute atomic E-state index is 0.565. The Morgan fingerprint density at radius 1 is 1.47 bits per heavy atom. The van der Waals surface area contributed by atoms with Crippen LogP contribution < -0.4 is 0 Å². The molecule has 0 spiro atoms. The van der Waals surface area contributed by atoms with Crippen LogP contribution in [0.4, 0.5) is 0 Å². The molecule has 0 radical (unpaired) electrons. The molecule has 2 heterocycles. The van der Waals surface area contributed by atoms with Crippen LogP contribution in [-0.2, 0) is 0 Å². The Morgan fingerprint density at radius 3 is 2.67 bits per heavy atom. The van der Waals surface area contributed by atoms with Crippen LogP contribution in [0, 0.1) is 6.92 Å². The molecule has 0 aliphatic heterocycles. The zero-order valence-electron chi connectivity index (χ0n) is 7.83. The molecule has 1 nitrogen and oxygen atoms in total. The first kappa shape index (κ1) is 11.6. The van der Waals surface area contributed by atoms with E-state index >= 15 is 0 Å². The van der Waals surface area contributed by atoms with Gasteiger partial charge in [0.05, 0.1) is 0 Å². The van der Waals surface area contributed by atoms with Crippen LogP contribution >= 0.6 is 50.2 Å². The van der Waals surface area contributed by atoms with Crippen LogP contribution in [0.5, 0.6) is 0 Å². The van der Waals surface area contributed by atoms with Gasteiger partial charge in [-0.3, -0.25) is 0 Å². The van der Waals surface area contributed by atoms with Gasteiger partial charge in [-0.25, -0.2) is 0 Å². The van der Waals surface area contributed by atoms with Crippen molar-refractivity contribution in [3.05, 3.63) is 41.6 Å². The summed E-state index contributed by atoms with van der Waals surface area (Å²) in [6.07, 6.45) is -0.565. The SMILES string of the molecule is Cc1cscc1C(O)c1cc(Br)c(Cl)s1. The van der Waals surface area contributed by atoms with Crippen LogP contribution in [0.1, 0.15) is 22.1 Å². The van der Waals surface area contributed by atoms with Gasteiger partial charge in [-0.15, -0.1) is 11.3 Å². The maximum absolute atomic E-state index is 10.1. The van der Waals surface area contributed by atoms with Gasteiger partial charge in [-0.1, -0.05) is 11.6 Å². The molecule has 15 heavy (non-hydrogen) atoms. The fourth-order valence-corrected chi connectivity index (χ4v) is 3.91. The summed E-state index contributed by atoms with van der Waals surface area (Å²) in [4.78, 5) is 0.869. The zero-order chi connectivity index (χ0) is 11.0. The average Bonchev–Trinajstić information content (AvgIpc) is 2.74. The van der Waals surface area contributed by atoms with Gasteiger partial charge in [0.25, 0.3) is 0 Å². The maximum atomic E-state index is 10.1. The Bertz CT molecular complexity index is 458. The molecular weight excluding hydrogens is 316 g/mol. The normalized spacial score (nSPS) is 13.1. The molecule has 0 saturated heterocycles. The molecule has 0 aliphatic carbocycles. The van der Waals surface area contributed by atoms with E-state index < -0.39 is 6.10 Å². The molecule has 0 fully saturated rings. The van der Waals surface area contributed by atoms with Crippen molar-refractivity contribution in [2.45, 2.75) is 13.0 Å². The summed E-state index contributed by atoms with van der Waals surface area (Å²) in [6, 6.07) is 1.87. The molecule has 0 aliphatic rings. The summed E-state index contributed by atoms with van der Waals surface area (Å²) in [6.45, 7) is 2.00. The van der Waals surface area contributed by atoms with Crippen LogP contribution in [0.3, 0.4) is 0 Å². The van der Waals surface area contributed by atoms with Gasteiger partial charge >= 0.3 is 0 Å². The number of aliphatic hydroxyl groups excluding tert-OH is 1. The third kappa shape index (κ3) is 2.29. The van der Waals surface area contributed by atoms with Gasteiger partial charge in [-0.05, 0) is 50.8 Å². The first-order valence-electron chi connectivity index (χ1n) is 4.25. The molecule has 80 valence electrons. The Kier molecular flexibility index (Phi) is 3.52. The number of rotatable bonds is 2. The van der Waals surface area contributed by atoms with E-state index in [-0.39, 0.29) is 0 Å². The van der Waals surface area contributed by atoms with Crippen molar-refractivity contribution in [3.63, 3.8) is 0 Å². The highest BCUT2D eigenvalue weighted by Crippen LogP contribution is 2.38. The topological polar surface area (TPSA) is 20.2 Å². The maximum Gasteiger partial charge on any atom is 0.114 e. The van der Waals surface area contributed by atoms with Crippen molar-refractivity contribution in [2.24, 2.45) is 0 Å². The number of aliphatic hydroxyl groups is 1. The Hall–Kier alpha value is 0.130. The summed E-state index contributed by atoms with van der Waals surface area (Å²) in [5.74, 6) is 0. The molecule has 1 unspecified atom stereocenters. The van der Waals surface area contributed by atoms with Gasteiger partial charge in [0.15, 0.2) is 0 Å². The third-order valence-corrected chi connectivity index (χ3v) is 5.53. The second kappa shape index (κ2) is 4.55. The van der Waals surface area contributed by atoms with Crippen LogP contribution in [0.25, 0.3) is 0 Å². The molecular formula is C10H8BrClOS2. The second-order valence-electron chi connectivity index (χ2n) is 3.18. The van der Waals surface area contributed by atoms with Crippen LogP contribution in [-0.4, -0.2) is 5.11 Å². The highest BCUT2D eigenvalue weighted by atomic mass is 79.9.